The number of benzene rings is 2. The Bertz CT molecular complexity index is 836. The summed E-state index contributed by atoms with van der Waals surface area (Å²) in [4.78, 5) is 38.9. The van der Waals surface area contributed by atoms with Gasteiger partial charge in [-0.15, -0.1) is 0 Å². The van der Waals surface area contributed by atoms with E-state index in [4.69, 9.17) is 0 Å². The molecular weight excluding hydrogens is 355 g/mol. The van der Waals surface area contributed by atoms with E-state index in [1.807, 2.05) is 0 Å². The first-order chi connectivity index (χ1) is 12.5. The molecule has 1 aliphatic heterocycles. The highest BCUT2D eigenvalue weighted by Crippen LogP contribution is 2.25. The molecule has 0 spiro atoms. The van der Waals surface area contributed by atoms with Crippen molar-refractivity contribution in [2.75, 3.05) is 12.0 Å². The Morgan fingerprint density at radius 2 is 1.65 bits per heavy atom. The van der Waals surface area contributed by atoms with Crippen LogP contribution in [0.5, 0.6) is 0 Å². The maximum atomic E-state index is 13.7. The maximum absolute atomic E-state index is 13.7. The Morgan fingerprint density at radius 3 is 2.23 bits per heavy atom. The monoisotopic (exact) mass is 372 g/mol. The van der Waals surface area contributed by atoms with E-state index in [-0.39, 0.29) is 12.3 Å². The molecule has 3 rings (SSSR count). The number of imide groups is 1. The van der Waals surface area contributed by atoms with Crippen molar-refractivity contribution >= 4 is 29.5 Å². The van der Waals surface area contributed by atoms with E-state index < -0.39 is 29.6 Å². The zero-order chi connectivity index (χ0) is 18.7. The maximum Gasteiger partial charge on any atom is 0.262 e. The molecule has 0 saturated carbocycles. The number of amides is 3. The van der Waals surface area contributed by atoms with E-state index in [9.17, 15) is 18.8 Å². The average Bonchev–Trinajstić information content (AvgIpc) is 2.90. The number of hydrogen-bond acceptors (Lipinski definition) is 4. The summed E-state index contributed by atoms with van der Waals surface area (Å²) in [6.07, 6.45) is 1.79. The van der Waals surface area contributed by atoms with Crippen LogP contribution in [0.1, 0.15) is 26.3 Å². The first-order valence-corrected chi connectivity index (χ1v) is 9.41. The number of hydrogen-bond donors (Lipinski definition) is 1. The van der Waals surface area contributed by atoms with Gasteiger partial charge in [-0.05, 0) is 24.5 Å². The summed E-state index contributed by atoms with van der Waals surface area (Å²) >= 11 is 1.35. The van der Waals surface area contributed by atoms with E-state index >= 15 is 0 Å². The Balaban J connectivity index is 1.79. The van der Waals surface area contributed by atoms with Gasteiger partial charge in [0.2, 0.25) is 5.91 Å². The van der Waals surface area contributed by atoms with Gasteiger partial charge >= 0.3 is 0 Å². The van der Waals surface area contributed by atoms with Gasteiger partial charge < -0.3 is 5.32 Å². The standard InChI is InChI=1S/C19H17FN2O3S/c1-26-11-16(17(23)21-10-12-6-2-5-9-15(12)20)22-18(24)13-7-3-4-8-14(13)19(22)25/h2-9,16H,10-11H2,1H3,(H,21,23)/t16-/m0/s1. The first-order valence-electron chi connectivity index (χ1n) is 8.01. The molecule has 0 aliphatic carbocycles. The number of rotatable bonds is 6. The third kappa shape index (κ3) is 3.35. The number of thioether (sulfide) groups is 1. The van der Waals surface area contributed by atoms with Gasteiger partial charge in [-0.25, -0.2) is 4.39 Å². The second kappa shape index (κ2) is 7.70. The predicted molar refractivity (Wildman–Crippen MR) is 97.4 cm³/mol. The van der Waals surface area contributed by atoms with Crippen LogP contribution >= 0.6 is 11.8 Å². The second-order valence-corrected chi connectivity index (χ2v) is 6.72. The molecule has 26 heavy (non-hydrogen) atoms. The van der Waals surface area contributed by atoms with Crippen molar-refractivity contribution in [3.8, 4) is 0 Å². The molecule has 134 valence electrons. The van der Waals surface area contributed by atoms with Crippen molar-refractivity contribution in [1.29, 1.82) is 0 Å². The summed E-state index contributed by atoms with van der Waals surface area (Å²) in [6.45, 7) is -0.0143. The molecule has 0 saturated heterocycles. The number of carbonyl (C=O) groups excluding carboxylic acids is 3. The summed E-state index contributed by atoms with van der Waals surface area (Å²) in [7, 11) is 0. The minimum Gasteiger partial charge on any atom is -0.350 e. The topological polar surface area (TPSA) is 66.5 Å². The van der Waals surface area contributed by atoms with Gasteiger partial charge in [0.05, 0.1) is 11.1 Å². The molecule has 1 aliphatic rings. The molecule has 1 N–H and O–H groups in total. The molecule has 1 atom stereocenters. The fourth-order valence-electron chi connectivity index (χ4n) is 2.86. The average molecular weight is 372 g/mol. The third-order valence-electron chi connectivity index (χ3n) is 4.18. The van der Waals surface area contributed by atoms with Crippen LogP contribution in [0.3, 0.4) is 0 Å². The van der Waals surface area contributed by atoms with Crippen LogP contribution in [0.2, 0.25) is 0 Å². The van der Waals surface area contributed by atoms with Crippen LogP contribution in [0.15, 0.2) is 48.5 Å². The van der Waals surface area contributed by atoms with Gasteiger partial charge in [-0.1, -0.05) is 30.3 Å². The fraction of sp³-hybridized carbons (Fsp3) is 0.211. The molecule has 0 bridgehead atoms. The lowest BCUT2D eigenvalue weighted by molar-refractivity contribution is -0.124. The summed E-state index contributed by atoms with van der Waals surface area (Å²) < 4.78 is 13.7. The molecule has 3 amide bonds. The Morgan fingerprint density at radius 1 is 1.08 bits per heavy atom. The van der Waals surface area contributed by atoms with Gasteiger partial charge in [0.1, 0.15) is 11.9 Å². The Kier molecular flexibility index (Phi) is 5.37. The number of nitrogens with zero attached hydrogens (tertiary/aromatic N) is 1. The molecule has 7 heteroatoms. The number of halogens is 1. The highest BCUT2D eigenvalue weighted by atomic mass is 32.2. The normalized spacial score (nSPS) is 14.3. The van der Waals surface area contributed by atoms with Crippen LogP contribution in [0.4, 0.5) is 4.39 Å². The van der Waals surface area contributed by atoms with Crippen molar-refractivity contribution in [3.63, 3.8) is 0 Å². The van der Waals surface area contributed by atoms with Crippen molar-refractivity contribution in [2.24, 2.45) is 0 Å². The van der Waals surface area contributed by atoms with Crippen molar-refractivity contribution in [1.82, 2.24) is 10.2 Å². The van der Waals surface area contributed by atoms with Gasteiger partial charge in [-0.3, -0.25) is 19.3 Å². The molecule has 1 heterocycles. The molecule has 2 aromatic carbocycles. The number of fused-ring (bicyclic) bond motifs is 1. The van der Waals surface area contributed by atoms with Gasteiger partial charge in [-0.2, -0.15) is 11.8 Å². The smallest absolute Gasteiger partial charge is 0.262 e. The van der Waals surface area contributed by atoms with E-state index in [1.165, 1.54) is 17.8 Å². The Labute approximate surface area is 154 Å². The lowest BCUT2D eigenvalue weighted by atomic mass is 10.1. The van der Waals surface area contributed by atoms with Crippen LogP contribution in [0.25, 0.3) is 0 Å². The fourth-order valence-corrected chi connectivity index (χ4v) is 3.47. The summed E-state index contributed by atoms with van der Waals surface area (Å²) in [5.41, 5.74) is 0.933. The van der Waals surface area contributed by atoms with Gasteiger partial charge in [0, 0.05) is 17.9 Å². The molecule has 2 aromatic rings. The van der Waals surface area contributed by atoms with Crippen LogP contribution in [-0.4, -0.2) is 40.7 Å². The quantitative estimate of drug-likeness (QED) is 0.791. The van der Waals surface area contributed by atoms with E-state index in [2.05, 4.69) is 5.32 Å². The van der Waals surface area contributed by atoms with Crippen LogP contribution < -0.4 is 5.32 Å². The van der Waals surface area contributed by atoms with Gasteiger partial charge in [0.15, 0.2) is 0 Å². The molecule has 0 fully saturated rings. The van der Waals surface area contributed by atoms with E-state index in [0.29, 0.717) is 16.7 Å². The van der Waals surface area contributed by atoms with E-state index in [0.717, 1.165) is 4.90 Å². The van der Waals surface area contributed by atoms with Crippen molar-refractivity contribution < 1.29 is 18.8 Å². The third-order valence-corrected chi connectivity index (χ3v) is 4.82. The van der Waals surface area contributed by atoms with Crippen LogP contribution in [0, 0.1) is 5.82 Å². The number of nitrogens with one attached hydrogen (secondary N) is 1. The highest BCUT2D eigenvalue weighted by molar-refractivity contribution is 7.98. The lowest BCUT2D eigenvalue weighted by Gasteiger charge is -2.24. The predicted octanol–water partition coefficient (Wildman–Crippen LogP) is 2.47. The molecule has 0 radical (unpaired) electrons. The lowest BCUT2D eigenvalue weighted by Crippen LogP contribution is -2.50. The SMILES string of the molecule is CSC[C@@H](C(=O)NCc1ccccc1F)N1C(=O)c2ccccc2C1=O. The minimum absolute atomic E-state index is 0.0143. The summed E-state index contributed by atoms with van der Waals surface area (Å²) in [5.74, 6) is -1.61. The molecule has 0 unspecified atom stereocenters. The Hall–Kier alpha value is -2.67. The second-order valence-electron chi connectivity index (χ2n) is 5.81. The zero-order valence-corrected chi connectivity index (χ0v) is 14.9. The first kappa shape index (κ1) is 18.1. The minimum atomic E-state index is -0.954. The van der Waals surface area contributed by atoms with Gasteiger partial charge in [0.25, 0.3) is 11.8 Å². The summed E-state index contributed by atoms with van der Waals surface area (Å²) in [5, 5.41) is 2.63. The zero-order valence-electron chi connectivity index (χ0n) is 14.1. The largest absolute Gasteiger partial charge is 0.350 e. The van der Waals surface area contributed by atoms with E-state index in [1.54, 1.807) is 48.7 Å². The van der Waals surface area contributed by atoms with Crippen LogP contribution in [-0.2, 0) is 11.3 Å². The van der Waals surface area contributed by atoms with Crippen molar-refractivity contribution in [3.05, 3.63) is 71.0 Å². The number of carbonyl (C=O) groups is 3. The molecule has 0 aromatic heterocycles. The highest BCUT2D eigenvalue weighted by Gasteiger charge is 2.42. The molecule has 5 nitrogen and oxygen atoms in total. The molecular formula is C19H17FN2O3S. The van der Waals surface area contributed by atoms with Crippen molar-refractivity contribution in [2.45, 2.75) is 12.6 Å². The summed E-state index contributed by atoms with van der Waals surface area (Å²) in [6, 6.07) is 11.7.